The normalized spacial score (nSPS) is 12.1. The van der Waals surface area contributed by atoms with Crippen LogP contribution in [0.5, 0.6) is 0 Å². The molecule has 0 aliphatic rings. The van der Waals surface area contributed by atoms with Crippen molar-refractivity contribution in [3.8, 4) is 5.69 Å². The van der Waals surface area contributed by atoms with Gasteiger partial charge >= 0.3 is 0 Å². The van der Waals surface area contributed by atoms with Gasteiger partial charge in [-0.15, -0.1) is 0 Å². The van der Waals surface area contributed by atoms with E-state index in [9.17, 15) is 4.79 Å². The minimum atomic E-state index is -0.472. The van der Waals surface area contributed by atoms with E-state index < -0.39 is 5.91 Å². The third kappa shape index (κ3) is 13.6. The zero-order chi connectivity index (χ0) is 30.6. The van der Waals surface area contributed by atoms with Gasteiger partial charge in [0.15, 0.2) is 0 Å². The van der Waals surface area contributed by atoms with E-state index in [4.69, 9.17) is 29.4 Å². The zero-order valence-corrected chi connectivity index (χ0v) is 26.3. The number of amides is 1. The molecule has 0 radical (unpaired) electrons. The highest BCUT2D eigenvalue weighted by molar-refractivity contribution is 5.98. The van der Waals surface area contributed by atoms with E-state index in [0.717, 1.165) is 55.1 Å². The van der Waals surface area contributed by atoms with Gasteiger partial charge in [-0.05, 0) is 77.3 Å². The molecule has 1 atom stereocenters. The van der Waals surface area contributed by atoms with Crippen LogP contribution in [-0.4, -0.2) is 101 Å². The molecular formula is C31H53N5O6. The Bertz CT molecular complexity index is 1030. The van der Waals surface area contributed by atoms with Gasteiger partial charge in [-0.1, -0.05) is 6.92 Å². The Kier molecular flexibility index (Phi) is 18.0. The zero-order valence-electron chi connectivity index (χ0n) is 26.3. The second kappa shape index (κ2) is 21.2. The van der Waals surface area contributed by atoms with Gasteiger partial charge in [0, 0.05) is 37.2 Å². The van der Waals surface area contributed by atoms with E-state index in [-0.39, 0.29) is 0 Å². The van der Waals surface area contributed by atoms with Crippen LogP contribution in [0, 0.1) is 20.8 Å². The SMILES string of the molecule is CCC(C)NCCCOCCOCCOCCOCCOCCCNc1cc(-n2nc(C)c(C)c2C)ccc1C(N)=O. The van der Waals surface area contributed by atoms with Gasteiger partial charge in [0.25, 0.3) is 5.91 Å². The monoisotopic (exact) mass is 591 g/mol. The van der Waals surface area contributed by atoms with E-state index in [2.05, 4.69) is 36.5 Å². The molecule has 1 heterocycles. The summed E-state index contributed by atoms with van der Waals surface area (Å²) in [7, 11) is 0. The number of nitrogens with zero attached hydrogens (tertiary/aromatic N) is 2. The summed E-state index contributed by atoms with van der Waals surface area (Å²) >= 11 is 0. The number of hydrogen-bond donors (Lipinski definition) is 3. The van der Waals surface area contributed by atoms with Crippen LogP contribution in [0.4, 0.5) is 5.69 Å². The molecule has 0 saturated carbocycles. The number of anilines is 1. The minimum Gasteiger partial charge on any atom is -0.384 e. The maximum atomic E-state index is 11.9. The summed E-state index contributed by atoms with van der Waals surface area (Å²) in [6.45, 7) is 17.7. The van der Waals surface area contributed by atoms with E-state index in [1.807, 2.05) is 30.7 Å². The van der Waals surface area contributed by atoms with Crippen molar-refractivity contribution in [1.29, 1.82) is 0 Å². The number of benzene rings is 1. The van der Waals surface area contributed by atoms with Crippen molar-refractivity contribution in [3.63, 3.8) is 0 Å². The van der Waals surface area contributed by atoms with Gasteiger partial charge in [0.1, 0.15) is 0 Å². The number of nitrogens with two attached hydrogens (primary N) is 1. The molecule has 2 rings (SSSR count). The molecular weight excluding hydrogens is 538 g/mol. The van der Waals surface area contributed by atoms with E-state index in [1.165, 1.54) is 0 Å². The maximum Gasteiger partial charge on any atom is 0.250 e. The maximum absolute atomic E-state index is 11.9. The number of aryl methyl sites for hydroxylation is 1. The molecule has 1 aromatic carbocycles. The molecule has 0 saturated heterocycles. The van der Waals surface area contributed by atoms with Crippen LogP contribution in [0.2, 0.25) is 0 Å². The molecule has 0 bridgehead atoms. The second-order valence-corrected chi connectivity index (χ2v) is 10.3. The highest BCUT2D eigenvalue weighted by atomic mass is 16.6. The van der Waals surface area contributed by atoms with Crippen LogP contribution in [0.1, 0.15) is 60.4 Å². The van der Waals surface area contributed by atoms with Crippen molar-refractivity contribution in [3.05, 3.63) is 40.7 Å². The fourth-order valence-corrected chi connectivity index (χ4v) is 4.04. The lowest BCUT2D eigenvalue weighted by Crippen LogP contribution is -2.26. The fourth-order valence-electron chi connectivity index (χ4n) is 4.04. The largest absolute Gasteiger partial charge is 0.384 e. The van der Waals surface area contributed by atoms with Crippen LogP contribution >= 0.6 is 0 Å². The first-order valence-corrected chi connectivity index (χ1v) is 15.2. The lowest BCUT2D eigenvalue weighted by molar-refractivity contribution is -0.0111. The molecule has 1 unspecified atom stereocenters. The highest BCUT2D eigenvalue weighted by Gasteiger charge is 2.13. The van der Waals surface area contributed by atoms with E-state index in [1.54, 1.807) is 6.07 Å². The van der Waals surface area contributed by atoms with Gasteiger partial charge in [0.2, 0.25) is 0 Å². The first-order valence-electron chi connectivity index (χ1n) is 15.2. The number of rotatable bonds is 25. The average Bonchev–Trinajstić information content (AvgIpc) is 3.24. The number of carbonyl (C=O) groups is 1. The summed E-state index contributed by atoms with van der Waals surface area (Å²) in [6.07, 6.45) is 2.92. The number of primary amides is 1. The smallest absolute Gasteiger partial charge is 0.250 e. The Morgan fingerprint density at radius 1 is 0.857 bits per heavy atom. The van der Waals surface area contributed by atoms with Crippen molar-refractivity contribution >= 4 is 11.6 Å². The third-order valence-electron chi connectivity index (χ3n) is 7.01. The first-order chi connectivity index (χ1) is 20.3. The Labute approximate surface area is 251 Å². The lowest BCUT2D eigenvalue weighted by Gasteiger charge is -2.13. The molecule has 238 valence electrons. The average molecular weight is 592 g/mol. The van der Waals surface area contributed by atoms with Crippen LogP contribution in [0.3, 0.4) is 0 Å². The minimum absolute atomic E-state index is 0.449. The Morgan fingerprint density at radius 2 is 1.38 bits per heavy atom. The molecule has 2 aromatic rings. The summed E-state index contributed by atoms with van der Waals surface area (Å²) in [5.41, 5.74) is 10.8. The number of ether oxygens (including phenoxy) is 5. The summed E-state index contributed by atoms with van der Waals surface area (Å²) < 4.78 is 29.7. The standard InChI is InChI=1S/C31H53N5O6/c1-6-24(2)33-11-7-13-38-15-17-40-19-21-42-22-20-41-18-16-39-14-8-12-34-30-23-28(9-10-29(30)31(32)37)36-27(5)25(3)26(4)35-36/h9-10,23-24,33-34H,6-8,11-22H2,1-5H3,(H2,32,37). The fraction of sp³-hybridized carbons (Fsp3) is 0.677. The molecule has 1 amide bonds. The van der Waals surface area contributed by atoms with E-state index in [0.29, 0.717) is 83.3 Å². The summed E-state index contributed by atoms with van der Waals surface area (Å²) in [4.78, 5) is 11.9. The van der Waals surface area contributed by atoms with E-state index >= 15 is 0 Å². The number of hydrogen-bond acceptors (Lipinski definition) is 9. The van der Waals surface area contributed by atoms with Gasteiger partial charge in [-0.2, -0.15) is 5.10 Å². The Balaban J connectivity index is 1.44. The van der Waals surface area contributed by atoms with Gasteiger partial charge in [0.05, 0.1) is 69.8 Å². The molecule has 0 aliphatic heterocycles. The quantitative estimate of drug-likeness (QED) is 0.148. The number of aromatic nitrogens is 2. The van der Waals surface area contributed by atoms with Crippen molar-refractivity contribution < 1.29 is 28.5 Å². The second-order valence-electron chi connectivity index (χ2n) is 10.3. The Hall–Kier alpha value is -2.54. The van der Waals surface area contributed by atoms with Crippen LogP contribution < -0.4 is 16.4 Å². The molecule has 0 aliphatic carbocycles. The number of nitrogens with one attached hydrogen (secondary N) is 2. The van der Waals surface area contributed by atoms with Gasteiger partial charge in [-0.25, -0.2) is 4.68 Å². The molecule has 42 heavy (non-hydrogen) atoms. The number of carbonyl (C=O) groups excluding carboxylic acids is 1. The summed E-state index contributed by atoms with van der Waals surface area (Å²) in [5, 5.41) is 11.4. The third-order valence-corrected chi connectivity index (χ3v) is 7.01. The van der Waals surface area contributed by atoms with Crippen molar-refractivity contribution in [2.24, 2.45) is 5.73 Å². The highest BCUT2D eigenvalue weighted by Crippen LogP contribution is 2.23. The molecule has 0 fully saturated rings. The predicted octanol–water partition coefficient (Wildman–Crippen LogP) is 3.56. The predicted molar refractivity (Wildman–Crippen MR) is 166 cm³/mol. The van der Waals surface area contributed by atoms with Gasteiger partial charge in [-0.3, -0.25) is 4.79 Å². The van der Waals surface area contributed by atoms with Crippen LogP contribution in [0.15, 0.2) is 18.2 Å². The topological polar surface area (TPSA) is 131 Å². The van der Waals surface area contributed by atoms with Crippen LogP contribution in [-0.2, 0) is 23.7 Å². The molecule has 11 heteroatoms. The Morgan fingerprint density at radius 3 is 1.86 bits per heavy atom. The van der Waals surface area contributed by atoms with Crippen molar-refractivity contribution in [2.45, 2.75) is 59.9 Å². The first kappa shape index (κ1) is 35.7. The molecule has 11 nitrogen and oxygen atoms in total. The molecule has 0 spiro atoms. The molecule has 4 N–H and O–H groups in total. The van der Waals surface area contributed by atoms with Crippen molar-refractivity contribution in [1.82, 2.24) is 15.1 Å². The van der Waals surface area contributed by atoms with Crippen LogP contribution in [0.25, 0.3) is 5.69 Å². The lowest BCUT2D eigenvalue weighted by atomic mass is 10.1. The van der Waals surface area contributed by atoms with Gasteiger partial charge < -0.3 is 40.1 Å². The van der Waals surface area contributed by atoms with Crippen molar-refractivity contribution in [2.75, 3.05) is 84.5 Å². The summed E-state index contributed by atoms with van der Waals surface area (Å²) in [5.74, 6) is -0.472. The summed E-state index contributed by atoms with van der Waals surface area (Å²) in [6, 6.07) is 6.07. The molecule has 1 aromatic heterocycles.